The quantitative estimate of drug-likeness (QED) is 0.183. The van der Waals surface area contributed by atoms with Crippen molar-refractivity contribution in [3.05, 3.63) is 109 Å². The van der Waals surface area contributed by atoms with Gasteiger partial charge >= 0.3 is 238 Å². The minimum atomic E-state index is -0.112. The van der Waals surface area contributed by atoms with Gasteiger partial charge in [-0.1, -0.05) is 0 Å². The van der Waals surface area contributed by atoms with Crippen LogP contribution in [0.15, 0.2) is 112 Å². The fourth-order valence-corrected chi connectivity index (χ4v) is 7.58. The molecule has 2 unspecified atom stereocenters. The van der Waals surface area contributed by atoms with Crippen molar-refractivity contribution in [2.24, 2.45) is 4.99 Å². The summed E-state index contributed by atoms with van der Waals surface area (Å²) in [5, 5.41) is 5.42. The van der Waals surface area contributed by atoms with Crippen molar-refractivity contribution in [2.75, 3.05) is 48.5 Å². The second-order valence-electron chi connectivity index (χ2n) is 11.1. The number of nitrogens with zero attached hydrogens (tertiary/aromatic N) is 6. The first-order chi connectivity index (χ1) is 23.1. The molecule has 8 rings (SSSR count). The summed E-state index contributed by atoms with van der Waals surface area (Å²) in [5.74, 6) is 1.46. The second-order valence-corrected chi connectivity index (χ2v) is 13.1. The molecule has 12 heteroatoms. The van der Waals surface area contributed by atoms with Crippen molar-refractivity contribution in [2.45, 2.75) is 6.04 Å². The Morgan fingerprint density at radius 3 is 2.60 bits per heavy atom. The average Bonchev–Trinajstić information content (AvgIpc) is 3.86. The maximum Gasteiger partial charge on any atom is -0.0193 e. The van der Waals surface area contributed by atoms with Gasteiger partial charge in [-0.3, -0.25) is 0 Å². The van der Waals surface area contributed by atoms with Crippen molar-refractivity contribution in [1.29, 1.82) is 0 Å². The van der Waals surface area contributed by atoms with E-state index in [1.54, 1.807) is 24.6 Å². The van der Waals surface area contributed by atoms with Gasteiger partial charge in [0.2, 0.25) is 0 Å². The Kier molecular flexibility index (Phi) is 8.02. The van der Waals surface area contributed by atoms with Crippen LogP contribution in [0.5, 0.6) is 5.75 Å². The first-order valence-electron chi connectivity index (χ1n) is 15.3. The first-order valence-corrected chi connectivity index (χ1v) is 17.4. The molecule has 1 fully saturated rings. The van der Waals surface area contributed by atoms with Crippen molar-refractivity contribution < 1.29 is 13.9 Å². The number of imidazole rings is 1. The summed E-state index contributed by atoms with van der Waals surface area (Å²) >= 11 is 3.11. The molecule has 6 aromatic rings. The van der Waals surface area contributed by atoms with Crippen LogP contribution in [0.2, 0.25) is 0 Å². The molecule has 0 spiro atoms. The van der Waals surface area contributed by atoms with Crippen molar-refractivity contribution in [3.63, 3.8) is 0 Å². The van der Waals surface area contributed by atoms with E-state index in [4.69, 9.17) is 23.9 Å². The Balaban J connectivity index is 1.11. The van der Waals surface area contributed by atoms with Gasteiger partial charge in [0.15, 0.2) is 0 Å². The number of hydrogen-bond donors (Lipinski definition) is 1. The van der Waals surface area contributed by atoms with Crippen LogP contribution in [0.25, 0.3) is 27.5 Å². The van der Waals surface area contributed by atoms with Gasteiger partial charge in [0.25, 0.3) is 0 Å². The van der Waals surface area contributed by atoms with Crippen LogP contribution in [0.3, 0.4) is 0 Å². The standard InChI is InChI=1S/C35H32AsN7O3S/c1-44-28-11-5-23(6-12-28)30-22-38-34(46-30)39-25-4-2-3-24(21-25)31-32(42-17-20-47-35(42)40-31)29-13-14-37-33(36)43(29)27-9-7-26(8-10-27)41-15-18-45-19-16-41/h2-14,17,20-22,29H,15-16,18-19,36H2,1H3,(H,38,39). The molecule has 0 amide bonds. The molecule has 236 valence electrons. The number of thiazole rings is 1. The van der Waals surface area contributed by atoms with E-state index in [1.807, 2.05) is 42.6 Å². The third-order valence-corrected chi connectivity index (χ3v) is 10.0. The molecule has 0 bridgehead atoms. The number of oxazole rings is 1. The van der Waals surface area contributed by atoms with E-state index in [-0.39, 0.29) is 6.04 Å². The normalized spacial score (nSPS) is 16.5. The molecule has 1 N–H and O–H groups in total. The zero-order valence-corrected chi connectivity index (χ0v) is 28.9. The maximum absolute atomic E-state index is 6.05. The Bertz CT molecular complexity index is 2080. The van der Waals surface area contributed by atoms with Crippen molar-refractivity contribution in [1.82, 2.24) is 14.4 Å². The molecule has 1 saturated heterocycles. The SMILES string of the molecule is COc1ccc(-c2cnc(Nc3cccc(-c4nc5sccn5c4C4C=CN=C([AsH2])N4c4ccc(N5CCOCC5)cc4)c3)o2)cc1. The minimum absolute atomic E-state index is 0.112. The molecular weight excluding hydrogens is 673 g/mol. The van der Waals surface area contributed by atoms with E-state index < -0.39 is 0 Å². The molecule has 3 aromatic carbocycles. The molecule has 5 heterocycles. The Hall–Kier alpha value is -4.83. The molecule has 10 nitrogen and oxygen atoms in total. The van der Waals surface area contributed by atoms with Gasteiger partial charge in [0, 0.05) is 5.56 Å². The molecule has 47 heavy (non-hydrogen) atoms. The predicted octanol–water partition coefficient (Wildman–Crippen LogP) is 6.37. The van der Waals surface area contributed by atoms with Gasteiger partial charge in [-0.05, 0) is 24.3 Å². The van der Waals surface area contributed by atoms with E-state index in [9.17, 15) is 0 Å². The van der Waals surface area contributed by atoms with Crippen LogP contribution in [-0.4, -0.2) is 69.3 Å². The summed E-state index contributed by atoms with van der Waals surface area (Å²) in [7, 11) is 1.65. The van der Waals surface area contributed by atoms with E-state index in [0.29, 0.717) is 11.8 Å². The molecule has 2 aliphatic heterocycles. The maximum atomic E-state index is 6.05. The first kappa shape index (κ1) is 29.6. The molecule has 0 radical (unpaired) electrons. The van der Waals surface area contributed by atoms with Crippen LogP contribution >= 0.6 is 11.3 Å². The fraction of sp³-hybridized carbons (Fsp3) is 0.171. The van der Waals surface area contributed by atoms with Crippen LogP contribution in [-0.2, 0) is 4.74 Å². The van der Waals surface area contributed by atoms with Crippen molar-refractivity contribution >= 4 is 60.9 Å². The molecule has 3 aromatic heterocycles. The number of aliphatic imine (C=N–C) groups is 1. The average molecular weight is 706 g/mol. The van der Waals surface area contributed by atoms with Crippen molar-refractivity contribution in [3.8, 4) is 28.3 Å². The number of anilines is 4. The van der Waals surface area contributed by atoms with Gasteiger partial charge in [-0.25, -0.2) is 0 Å². The number of ether oxygens (including phenoxy) is 2. The summed E-state index contributed by atoms with van der Waals surface area (Å²) in [6.07, 6.45) is 7.88. The number of aromatic nitrogens is 3. The molecule has 2 atom stereocenters. The van der Waals surface area contributed by atoms with Gasteiger partial charge < -0.3 is 4.74 Å². The Labute approximate surface area is 284 Å². The monoisotopic (exact) mass is 705 g/mol. The van der Waals surface area contributed by atoms with E-state index >= 15 is 0 Å². The summed E-state index contributed by atoms with van der Waals surface area (Å²) < 4.78 is 20.1. The van der Waals surface area contributed by atoms with E-state index in [0.717, 1.165) is 75.5 Å². The second kappa shape index (κ2) is 12.8. The van der Waals surface area contributed by atoms with Crippen LogP contribution in [0, 0.1) is 0 Å². The Morgan fingerprint density at radius 2 is 1.79 bits per heavy atom. The van der Waals surface area contributed by atoms with Crippen LogP contribution < -0.4 is 19.9 Å². The summed E-state index contributed by atoms with van der Waals surface area (Å²) in [6.45, 7) is 3.33. The van der Waals surface area contributed by atoms with Crippen LogP contribution in [0.1, 0.15) is 11.7 Å². The van der Waals surface area contributed by atoms with Gasteiger partial charge in [0.05, 0.1) is 7.11 Å². The summed E-state index contributed by atoms with van der Waals surface area (Å²) in [4.78, 5) is 20.0. The number of morpholine rings is 1. The predicted molar refractivity (Wildman–Crippen MR) is 190 cm³/mol. The summed E-state index contributed by atoms with van der Waals surface area (Å²) in [5.41, 5.74) is 7.05. The van der Waals surface area contributed by atoms with E-state index in [2.05, 4.69) is 78.6 Å². The topological polar surface area (TPSA) is 92.7 Å². The molecule has 2 aliphatic rings. The number of amidine groups is 1. The number of nitrogens with one attached hydrogen (secondary N) is 1. The smallest absolute Gasteiger partial charge is 0.0193 e. The number of fused-ring (bicyclic) bond motifs is 1. The molecule has 0 saturated carbocycles. The van der Waals surface area contributed by atoms with Gasteiger partial charge in [0.1, 0.15) is 5.75 Å². The zero-order chi connectivity index (χ0) is 31.7. The third-order valence-electron chi connectivity index (χ3n) is 8.35. The Morgan fingerprint density at radius 1 is 0.979 bits per heavy atom. The number of hydrogen-bond acceptors (Lipinski definition) is 10. The molecule has 0 aliphatic carbocycles. The van der Waals surface area contributed by atoms with Gasteiger partial charge in [-0.2, -0.15) is 0 Å². The molecular formula is C35H32AsN7O3S. The van der Waals surface area contributed by atoms with E-state index in [1.165, 1.54) is 22.5 Å². The largest absolute Gasteiger partial charge is 0.0475 e. The number of rotatable bonds is 8. The number of methoxy groups -OCH3 is 1. The minimum Gasteiger partial charge on any atom is -0.0475 e. The van der Waals surface area contributed by atoms with Gasteiger partial charge in [-0.15, -0.1) is 0 Å². The number of benzene rings is 3. The fourth-order valence-electron chi connectivity index (χ4n) is 6.03. The van der Waals surface area contributed by atoms with Crippen LogP contribution in [0.4, 0.5) is 23.1 Å². The zero-order valence-electron chi connectivity index (χ0n) is 25.6. The third kappa shape index (κ3) is 5.82. The summed E-state index contributed by atoms with van der Waals surface area (Å²) in [6, 6.07) is 25.0.